The average molecular weight is 238 g/mol. The van der Waals surface area contributed by atoms with Gasteiger partial charge in [0.25, 0.3) is 0 Å². The topological polar surface area (TPSA) is 32.3 Å². The highest BCUT2D eigenvalue weighted by Gasteiger charge is 2.32. The highest BCUT2D eigenvalue weighted by atomic mass is 16.2. The lowest BCUT2D eigenvalue weighted by atomic mass is 10.1. The molecule has 3 nitrogen and oxygen atoms in total. The van der Waals surface area contributed by atoms with Crippen LogP contribution in [0.4, 0.5) is 0 Å². The summed E-state index contributed by atoms with van der Waals surface area (Å²) >= 11 is 0. The van der Waals surface area contributed by atoms with Crippen LogP contribution < -0.4 is 5.32 Å². The summed E-state index contributed by atoms with van der Waals surface area (Å²) in [6.45, 7) is 5.53. The Labute approximate surface area is 105 Å². The molecular weight excluding hydrogens is 212 g/mol. The Balaban J connectivity index is 1.81. The van der Waals surface area contributed by atoms with Gasteiger partial charge in [-0.2, -0.15) is 0 Å². The normalized spacial score (nSPS) is 33.3. The summed E-state index contributed by atoms with van der Waals surface area (Å²) in [5.74, 6) is 0.385. The molecule has 3 unspecified atom stereocenters. The number of nitrogens with zero attached hydrogens (tertiary/aromatic N) is 1. The zero-order valence-electron chi connectivity index (χ0n) is 11.2. The first kappa shape index (κ1) is 12.9. The molecule has 1 amide bonds. The molecule has 2 aliphatic rings. The lowest BCUT2D eigenvalue weighted by Crippen LogP contribution is -2.40. The lowest BCUT2D eigenvalue weighted by Gasteiger charge is -2.28. The lowest BCUT2D eigenvalue weighted by molar-refractivity contribution is -0.134. The Kier molecular flexibility index (Phi) is 4.43. The maximum absolute atomic E-state index is 12.3. The van der Waals surface area contributed by atoms with E-state index in [1.807, 2.05) is 0 Å². The van der Waals surface area contributed by atoms with Crippen LogP contribution in [0.25, 0.3) is 0 Å². The summed E-state index contributed by atoms with van der Waals surface area (Å²) in [7, 11) is 0. The molecule has 0 saturated carbocycles. The number of hydrogen-bond donors (Lipinski definition) is 1. The Bertz CT molecular complexity index is 261. The highest BCUT2D eigenvalue weighted by molar-refractivity contribution is 5.77. The van der Waals surface area contributed by atoms with E-state index in [1.54, 1.807) is 0 Å². The maximum Gasteiger partial charge on any atom is 0.223 e. The largest absolute Gasteiger partial charge is 0.337 e. The molecule has 98 valence electrons. The van der Waals surface area contributed by atoms with Gasteiger partial charge in [-0.1, -0.05) is 6.92 Å². The molecule has 2 saturated heterocycles. The first-order chi connectivity index (χ1) is 8.22. The van der Waals surface area contributed by atoms with Gasteiger partial charge in [-0.3, -0.25) is 4.79 Å². The van der Waals surface area contributed by atoms with Gasteiger partial charge in [-0.25, -0.2) is 0 Å². The van der Waals surface area contributed by atoms with Crippen molar-refractivity contribution in [3.8, 4) is 0 Å². The summed E-state index contributed by atoms with van der Waals surface area (Å²) in [4.78, 5) is 14.4. The number of rotatable bonds is 4. The summed E-state index contributed by atoms with van der Waals surface area (Å²) in [6, 6.07) is 1.56. The van der Waals surface area contributed by atoms with Crippen molar-refractivity contribution in [1.29, 1.82) is 0 Å². The molecule has 2 fully saturated rings. The Hall–Kier alpha value is -0.570. The van der Waals surface area contributed by atoms with Crippen LogP contribution in [0.15, 0.2) is 0 Å². The Morgan fingerprint density at radius 3 is 2.82 bits per heavy atom. The van der Waals surface area contributed by atoms with Gasteiger partial charge in [0.2, 0.25) is 5.91 Å². The van der Waals surface area contributed by atoms with Crippen LogP contribution in [0.2, 0.25) is 0 Å². The second kappa shape index (κ2) is 5.85. The zero-order chi connectivity index (χ0) is 12.3. The van der Waals surface area contributed by atoms with E-state index in [0.29, 0.717) is 24.0 Å². The zero-order valence-corrected chi connectivity index (χ0v) is 11.2. The van der Waals surface area contributed by atoms with Gasteiger partial charge in [0.1, 0.15) is 0 Å². The summed E-state index contributed by atoms with van der Waals surface area (Å²) < 4.78 is 0. The minimum atomic E-state index is 0.385. The van der Waals surface area contributed by atoms with Crippen molar-refractivity contribution in [2.75, 3.05) is 6.54 Å². The second-order valence-electron chi connectivity index (χ2n) is 5.62. The van der Waals surface area contributed by atoms with E-state index in [2.05, 4.69) is 24.1 Å². The molecule has 0 aromatic carbocycles. The van der Waals surface area contributed by atoms with E-state index >= 15 is 0 Å². The molecule has 0 spiro atoms. The van der Waals surface area contributed by atoms with Crippen molar-refractivity contribution in [3.05, 3.63) is 0 Å². The molecule has 2 heterocycles. The van der Waals surface area contributed by atoms with Crippen molar-refractivity contribution in [2.45, 2.75) is 76.9 Å². The van der Waals surface area contributed by atoms with E-state index in [9.17, 15) is 4.79 Å². The first-order valence-corrected chi connectivity index (χ1v) is 7.27. The minimum absolute atomic E-state index is 0.385. The van der Waals surface area contributed by atoms with Gasteiger partial charge in [-0.05, 0) is 52.0 Å². The quantitative estimate of drug-likeness (QED) is 0.815. The molecule has 0 aliphatic carbocycles. The van der Waals surface area contributed by atoms with Crippen molar-refractivity contribution in [3.63, 3.8) is 0 Å². The number of carbonyl (C=O) groups is 1. The maximum atomic E-state index is 12.3. The average Bonchev–Trinajstić information content (AvgIpc) is 2.94. The molecule has 2 rings (SSSR count). The number of carbonyl (C=O) groups excluding carboxylic acids is 1. The van der Waals surface area contributed by atoms with Crippen LogP contribution in [-0.2, 0) is 4.79 Å². The van der Waals surface area contributed by atoms with Crippen molar-refractivity contribution < 1.29 is 4.79 Å². The van der Waals surface area contributed by atoms with Crippen LogP contribution in [0.1, 0.15) is 58.8 Å². The van der Waals surface area contributed by atoms with Gasteiger partial charge in [-0.15, -0.1) is 0 Å². The first-order valence-electron chi connectivity index (χ1n) is 7.27. The number of amides is 1. The summed E-state index contributed by atoms with van der Waals surface area (Å²) in [5, 5.41) is 3.47. The molecule has 3 atom stereocenters. The molecule has 3 heteroatoms. The molecule has 0 aromatic heterocycles. The van der Waals surface area contributed by atoms with Crippen molar-refractivity contribution in [1.82, 2.24) is 10.2 Å². The predicted molar refractivity (Wildman–Crippen MR) is 69.9 cm³/mol. The van der Waals surface area contributed by atoms with Crippen LogP contribution in [0.5, 0.6) is 0 Å². The monoisotopic (exact) mass is 238 g/mol. The third-order valence-electron chi connectivity index (χ3n) is 4.41. The number of nitrogens with one attached hydrogen (secondary N) is 1. The van der Waals surface area contributed by atoms with Crippen molar-refractivity contribution >= 4 is 5.91 Å². The van der Waals surface area contributed by atoms with Gasteiger partial charge >= 0.3 is 0 Å². The molecule has 1 N–H and O–H groups in total. The van der Waals surface area contributed by atoms with Gasteiger partial charge in [0.05, 0.1) is 0 Å². The predicted octanol–water partition coefficient (Wildman–Crippen LogP) is 2.31. The third-order valence-corrected chi connectivity index (χ3v) is 4.41. The number of hydrogen-bond acceptors (Lipinski definition) is 2. The van der Waals surface area contributed by atoms with Gasteiger partial charge in [0.15, 0.2) is 0 Å². The third kappa shape index (κ3) is 3.01. The number of likely N-dealkylation sites (tertiary alicyclic amines) is 1. The van der Waals surface area contributed by atoms with E-state index < -0.39 is 0 Å². The van der Waals surface area contributed by atoms with E-state index in [4.69, 9.17) is 0 Å². The Morgan fingerprint density at radius 1 is 1.35 bits per heavy atom. The molecule has 0 radical (unpaired) electrons. The van der Waals surface area contributed by atoms with Crippen LogP contribution >= 0.6 is 0 Å². The SMILES string of the molecule is CCC1CCC(C)N1C(=O)CCC1CCCN1. The van der Waals surface area contributed by atoms with Gasteiger partial charge < -0.3 is 10.2 Å². The molecule has 0 bridgehead atoms. The summed E-state index contributed by atoms with van der Waals surface area (Å²) in [6.07, 6.45) is 7.78. The minimum Gasteiger partial charge on any atom is -0.337 e. The molecule has 2 aliphatic heterocycles. The molecular formula is C14H26N2O. The molecule has 17 heavy (non-hydrogen) atoms. The van der Waals surface area contributed by atoms with Crippen LogP contribution in [0, 0.1) is 0 Å². The van der Waals surface area contributed by atoms with Crippen molar-refractivity contribution in [2.24, 2.45) is 0 Å². The fourth-order valence-corrected chi connectivity index (χ4v) is 3.35. The Morgan fingerprint density at radius 2 is 2.18 bits per heavy atom. The molecule has 0 aromatic rings. The van der Waals surface area contributed by atoms with E-state index in [0.717, 1.165) is 25.8 Å². The fourth-order valence-electron chi connectivity index (χ4n) is 3.35. The van der Waals surface area contributed by atoms with E-state index in [1.165, 1.54) is 25.7 Å². The van der Waals surface area contributed by atoms with Crippen LogP contribution in [0.3, 0.4) is 0 Å². The highest BCUT2D eigenvalue weighted by Crippen LogP contribution is 2.27. The second-order valence-corrected chi connectivity index (χ2v) is 5.62. The standard InChI is InChI=1S/C14H26N2O/c1-3-13-8-6-11(2)16(13)14(17)9-7-12-5-4-10-15-12/h11-13,15H,3-10H2,1-2H3. The smallest absolute Gasteiger partial charge is 0.223 e. The summed E-state index contributed by atoms with van der Waals surface area (Å²) in [5.41, 5.74) is 0. The van der Waals surface area contributed by atoms with Gasteiger partial charge in [0, 0.05) is 24.5 Å². The van der Waals surface area contributed by atoms with E-state index in [-0.39, 0.29) is 0 Å². The fraction of sp³-hybridized carbons (Fsp3) is 0.929. The van der Waals surface area contributed by atoms with Crippen LogP contribution in [-0.4, -0.2) is 35.5 Å².